The fraction of sp³-hybridized carbons (Fsp3) is 0.562. The van der Waals surface area contributed by atoms with E-state index in [9.17, 15) is 0 Å². The van der Waals surface area contributed by atoms with Gasteiger partial charge in [0.05, 0.1) is 12.2 Å². The van der Waals surface area contributed by atoms with Crippen LogP contribution in [0.15, 0.2) is 30.3 Å². The third-order valence-corrected chi connectivity index (χ3v) is 3.94. The predicted molar refractivity (Wildman–Crippen MR) is 71.1 cm³/mol. The van der Waals surface area contributed by atoms with Crippen LogP contribution < -0.4 is 0 Å². The van der Waals surface area contributed by atoms with Gasteiger partial charge in [0.25, 0.3) is 0 Å². The van der Waals surface area contributed by atoms with Gasteiger partial charge in [0, 0.05) is 18.8 Å². The summed E-state index contributed by atoms with van der Waals surface area (Å²) in [6, 6.07) is 10.7. The molecule has 1 aromatic rings. The van der Waals surface area contributed by atoms with Gasteiger partial charge in [0.15, 0.2) is 5.79 Å². The topological polar surface area (TPSA) is 18.5 Å². The van der Waals surface area contributed by atoms with Gasteiger partial charge in [-0.3, -0.25) is 0 Å². The van der Waals surface area contributed by atoms with Gasteiger partial charge < -0.3 is 9.47 Å². The molecule has 0 unspecified atom stereocenters. The molecule has 2 nitrogen and oxygen atoms in total. The minimum Gasteiger partial charge on any atom is -0.347 e. The lowest BCUT2D eigenvalue weighted by Gasteiger charge is -2.36. The van der Waals surface area contributed by atoms with Crippen LogP contribution in [0.1, 0.15) is 45.1 Å². The van der Waals surface area contributed by atoms with Crippen LogP contribution in [0.25, 0.3) is 0 Å². The molecule has 2 heteroatoms. The van der Waals surface area contributed by atoms with Crippen LogP contribution in [-0.4, -0.2) is 18.0 Å². The van der Waals surface area contributed by atoms with Crippen LogP contribution in [0, 0.1) is 5.92 Å². The number of benzene rings is 1. The van der Waals surface area contributed by atoms with E-state index in [4.69, 9.17) is 9.47 Å². The van der Waals surface area contributed by atoms with Gasteiger partial charge in [-0.1, -0.05) is 30.3 Å². The standard InChI is InChI=1S/C16H21O2/c1-15(2)12-17-16(18-15)10-8-14(9-11-16)13-6-4-3-5-7-13/h3-7H,8-12H2,1-2H3. The molecule has 0 atom stereocenters. The molecule has 1 aliphatic carbocycles. The van der Waals surface area contributed by atoms with Crippen molar-refractivity contribution in [1.29, 1.82) is 0 Å². The number of ether oxygens (including phenoxy) is 2. The second-order valence-electron chi connectivity index (χ2n) is 6.03. The molecule has 3 rings (SSSR count). The first-order chi connectivity index (χ1) is 8.59. The number of hydrogen-bond donors (Lipinski definition) is 0. The SMILES string of the molecule is CC1(C)COC2(CC[C](c3ccccc3)CC2)O1. The van der Waals surface area contributed by atoms with Gasteiger partial charge >= 0.3 is 0 Å². The lowest BCUT2D eigenvalue weighted by molar-refractivity contribution is -0.196. The molecule has 1 spiro atoms. The first-order valence-corrected chi connectivity index (χ1v) is 6.83. The van der Waals surface area contributed by atoms with Crippen LogP contribution in [0.4, 0.5) is 0 Å². The molecule has 1 heterocycles. The van der Waals surface area contributed by atoms with E-state index in [1.807, 2.05) is 0 Å². The summed E-state index contributed by atoms with van der Waals surface area (Å²) in [5, 5.41) is 0. The largest absolute Gasteiger partial charge is 0.347 e. The first-order valence-electron chi connectivity index (χ1n) is 6.83. The summed E-state index contributed by atoms with van der Waals surface area (Å²) >= 11 is 0. The molecule has 97 valence electrons. The lowest BCUT2D eigenvalue weighted by atomic mass is 9.81. The highest BCUT2D eigenvalue weighted by Crippen LogP contribution is 2.45. The molecule has 1 radical (unpaired) electrons. The highest BCUT2D eigenvalue weighted by Gasteiger charge is 2.47. The zero-order chi connectivity index (χ0) is 12.6. The van der Waals surface area contributed by atoms with Gasteiger partial charge in [0.1, 0.15) is 0 Å². The first kappa shape index (κ1) is 12.2. The van der Waals surface area contributed by atoms with Crippen molar-refractivity contribution in [3.63, 3.8) is 0 Å². The number of hydrogen-bond acceptors (Lipinski definition) is 2. The summed E-state index contributed by atoms with van der Waals surface area (Å²) in [6.07, 6.45) is 4.14. The van der Waals surface area contributed by atoms with Crippen LogP contribution in [0.2, 0.25) is 0 Å². The summed E-state index contributed by atoms with van der Waals surface area (Å²) in [4.78, 5) is 0. The maximum atomic E-state index is 6.13. The normalized spacial score (nSPS) is 26.6. The smallest absolute Gasteiger partial charge is 0.169 e. The minimum atomic E-state index is -0.304. The van der Waals surface area contributed by atoms with E-state index in [1.165, 1.54) is 11.5 Å². The minimum absolute atomic E-state index is 0.121. The van der Waals surface area contributed by atoms with E-state index in [1.54, 1.807) is 0 Å². The van der Waals surface area contributed by atoms with Crippen molar-refractivity contribution in [2.75, 3.05) is 6.61 Å². The fourth-order valence-electron chi connectivity index (χ4n) is 3.01. The Labute approximate surface area is 109 Å². The highest BCUT2D eigenvalue weighted by molar-refractivity contribution is 5.31. The van der Waals surface area contributed by atoms with Gasteiger partial charge in [-0.05, 0) is 32.3 Å². The van der Waals surface area contributed by atoms with E-state index in [2.05, 4.69) is 44.2 Å². The Hall–Kier alpha value is -0.860. The van der Waals surface area contributed by atoms with E-state index in [0.717, 1.165) is 25.7 Å². The molecule has 18 heavy (non-hydrogen) atoms. The molecule has 1 aliphatic heterocycles. The third-order valence-electron chi connectivity index (χ3n) is 3.94. The lowest BCUT2D eigenvalue weighted by Crippen LogP contribution is -2.37. The van der Waals surface area contributed by atoms with E-state index in [-0.39, 0.29) is 11.4 Å². The van der Waals surface area contributed by atoms with Gasteiger partial charge in [-0.25, -0.2) is 0 Å². The molecular weight excluding hydrogens is 224 g/mol. The molecule has 0 N–H and O–H groups in total. The second-order valence-corrected chi connectivity index (χ2v) is 6.03. The zero-order valence-electron chi connectivity index (χ0n) is 11.2. The van der Waals surface area contributed by atoms with Crippen LogP contribution in [-0.2, 0) is 9.47 Å². The summed E-state index contributed by atoms with van der Waals surface area (Å²) in [5.74, 6) is 1.24. The summed E-state index contributed by atoms with van der Waals surface area (Å²) in [7, 11) is 0. The molecular formula is C16H21O2. The van der Waals surface area contributed by atoms with Crippen LogP contribution in [0.3, 0.4) is 0 Å². The monoisotopic (exact) mass is 245 g/mol. The highest BCUT2D eigenvalue weighted by atomic mass is 16.8. The molecule has 2 aliphatic rings. The maximum Gasteiger partial charge on any atom is 0.169 e. The van der Waals surface area contributed by atoms with Crippen molar-refractivity contribution in [1.82, 2.24) is 0 Å². The third kappa shape index (κ3) is 2.32. The van der Waals surface area contributed by atoms with Gasteiger partial charge in [-0.2, -0.15) is 0 Å². The Bertz CT molecular complexity index is 402. The number of rotatable bonds is 1. The van der Waals surface area contributed by atoms with Crippen molar-refractivity contribution >= 4 is 0 Å². The molecule has 1 saturated carbocycles. The van der Waals surface area contributed by atoms with Gasteiger partial charge in [0.2, 0.25) is 0 Å². The van der Waals surface area contributed by atoms with E-state index < -0.39 is 0 Å². The Morgan fingerprint density at radius 3 is 2.22 bits per heavy atom. The molecule has 2 fully saturated rings. The molecule has 1 saturated heterocycles. The Morgan fingerprint density at radius 2 is 1.67 bits per heavy atom. The summed E-state index contributed by atoms with van der Waals surface area (Å²) in [6.45, 7) is 4.93. The van der Waals surface area contributed by atoms with Crippen LogP contribution >= 0.6 is 0 Å². The second kappa shape index (κ2) is 4.36. The Balaban J connectivity index is 1.65. The quantitative estimate of drug-likeness (QED) is 0.751. The molecule has 0 amide bonds. The van der Waals surface area contributed by atoms with E-state index >= 15 is 0 Å². The predicted octanol–water partition coefficient (Wildman–Crippen LogP) is 3.70. The van der Waals surface area contributed by atoms with Crippen molar-refractivity contribution < 1.29 is 9.47 Å². The Kier molecular flexibility index (Phi) is 2.95. The van der Waals surface area contributed by atoms with Crippen molar-refractivity contribution in [3.8, 4) is 0 Å². The average molecular weight is 245 g/mol. The van der Waals surface area contributed by atoms with E-state index in [0.29, 0.717) is 6.61 Å². The van der Waals surface area contributed by atoms with Crippen molar-refractivity contribution in [2.45, 2.75) is 50.9 Å². The molecule has 0 bridgehead atoms. The summed E-state index contributed by atoms with van der Waals surface area (Å²) < 4.78 is 12.1. The Morgan fingerprint density at radius 1 is 1.00 bits per heavy atom. The molecule has 1 aromatic carbocycles. The summed E-state index contributed by atoms with van der Waals surface area (Å²) in [5.41, 5.74) is 1.26. The average Bonchev–Trinajstić information content (AvgIpc) is 2.67. The van der Waals surface area contributed by atoms with Crippen molar-refractivity contribution in [2.24, 2.45) is 0 Å². The fourth-order valence-corrected chi connectivity index (χ4v) is 3.01. The van der Waals surface area contributed by atoms with Crippen molar-refractivity contribution in [3.05, 3.63) is 41.8 Å². The van der Waals surface area contributed by atoms with Crippen LogP contribution in [0.5, 0.6) is 0 Å². The van der Waals surface area contributed by atoms with Gasteiger partial charge in [-0.15, -0.1) is 0 Å². The zero-order valence-corrected chi connectivity index (χ0v) is 11.2. The molecule has 0 aromatic heterocycles. The maximum absolute atomic E-state index is 6.13.